The van der Waals surface area contributed by atoms with Gasteiger partial charge in [0.25, 0.3) is 0 Å². The smallest absolute Gasteiger partial charge is 0.340 e. The molecule has 0 radical (unpaired) electrons. The molecule has 0 amide bonds. The summed E-state index contributed by atoms with van der Waals surface area (Å²) in [6.45, 7) is 2.00. The molecule has 0 spiro atoms. The van der Waals surface area contributed by atoms with E-state index in [9.17, 15) is 13.2 Å². The fourth-order valence-corrected chi connectivity index (χ4v) is 3.65. The summed E-state index contributed by atoms with van der Waals surface area (Å²) < 4.78 is 30.5. The fraction of sp³-hybridized carbons (Fsp3) is 0.158. The van der Waals surface area contributed by atoms with Gasteiger partial charge in [-0.25, -0.2) is 18.2 Å². The van der Waals surface area contributed by atoms with Crippen molar-refractivity contribution in [3.8, 4) is 0 Å². The van der Waals surface area contributed by atoms with Gasteiger partial charge in [-0.3, -0.25) is 4.72 Å². The second-order valence-corrected chi connectivity index (χ2v) is 8.74. The molecule has 2 N–H and O–H groups in total. The number of esters is 1. The highest BCUT2D eigenvalue weighted by atomic mass is 32.2. The first-order valence-electron chi connectivity index (χ1n) is 8.32. The fourth-order valence-electron chi connectivity index (χ4n) is 2.36. The number of aryl methyl sites for hydroxylation is 1. The molecular formula is C19H19N3O4S2. The highest BCUT2D eigenvalue weighted by Crippen LogP contribution is 2.22. The summed E-state index contributed by atoms with van der Waals surface area (Å²) in [5, 5.41) is 5.68. The lowest BCUT2D eigenvalue weighted by Crippen LogP contribution is -2.14. The molecule has 1 heterocycles. The lowest BCUT2D eigenvalue weighted by molar-refractivity contribution is 0.0470. The predicted molar refractivity (Wildman–Crippen MR) is 111 cm³/mol. The molecule has 9 heteroatoms. The number of carbonyl (C=O) groups is 1. The van der Waals surface area contributed by atoms with Crippen molar-refractivity contribution >= 4 is 43.8 Å². The normalized spacial score (nSPS) is 11.1. The number of hydrogen-bond donors (Lipinski definition) is 2. The summed E-state index contributed by atoms with van der Waals surface area (Å²) >= 11 is 1.40. The minimum absolute atomic E-state index is 0.0158. The van der Waals surface area contributed by atoms with Crippen LogP contribution in [0, 0.1) is 6.92 Å². The Morgan fingerprint density at radius 1 is 1.14 bits per heavy atom. The Morgan fingerprint density at radius 2 is 1.86 bits per heavy atom. The Balaban J connectivity index is 1.63. The Kier molecular flexibility index (Phi) is 5.96. The minimum atomic E-state index is -3.51. The van der Waals surface area contributed by atoms with Gasteiger partial charge in [-0.15, -0.1) is 11.3 Å². The van der Waals surface area contributed by atoms with E-state index in [2.05, 4.69) is 15.0 Å². The van der Waals surface area contributed by atoms with Gasteiger partial charge in [-0.2, -0.15) is 0 Å². The highest BCUT2D eigenvalue weighted by molar-refractivity contribution is 7.92. The van der Waals surface area contributed by atoms with Crippen molar-refractivity contribution in [2.45, 2.75) is 13.5 Å². The van der Waals surface area contributed by atoms with E-state index in [1.807, 2.05) is 31.2 Å². The van der Waals surface area contributed by atoms with Crippen molar-refractivity contribution in [2.24, 2.45) is 0 Å². The van der Waals surface area contributed by atoms with Crippen LogP contribution in [-0.2, 0) is 21.4 Å². The zero-order valence-electron chi connectivity index (χ0n) is 15.3. The van der Waals surface area contributed by atoms with Crippen molar-refractivity contribution in [1.29, 1.82) is 0 Å². The number of benzene rings is 2. The van der Waals surface area contributed by atoms with Crippen LogP contribution >= 0.6 is 11.3 Å². The van der Waals surface area contributed by atoms with Crippen LogP contribution in [0.15, 0.2) is 53.9 Å². The highest BCUT2D eigenvalue weighted by Gasteiger charge is 2.15. The number of carbonyl (C=O) groups excluding carboxylic acids is 1. The second kappa shape index (κ2) is 8.41. The van der Waals surface area contributed by atoms with Crippen molar-refractivity contribution < 1.29 is 17.9 Å². The van der Waals surface area contributed by atoms with Crippen molar-refractivity contribution in [2.75, 3.05) is 16.3 Å². The molecule has 0 atom stereocenters. The number of sulfonamides is 1. The van der Waals surface area contributed by atoms with Crippen LogP contribution in [0.4, 0.5) is 16.5 Å². The molecule has 0 fully saturated rings. The van der Waals surface area contributed by atoms with Crippen molar-refractivity contribution in [3.05, 3.63) is 70.7 Å². The van der Waals surface area contributed by atoms with E-state index in [1.165, 1.54) is 29.0 Å². The van der Waals surface area contributed by atoms with Crippen LogP contribution in [0.2, 0.25) is 0 Å². The molecular weight excluding hydrogens is 398 g/mol. The van der Waals surface area contributed by atoms with Gasteiger partial charge in [0.1, 0.15) is 6.61 Å². The predicted octanol–water partition coefficient (Wildman–Crippen LogP) is 3.92. The van der Waals surface area contributed by atoms with Crippen LogP contribution in [-0.4, -0.2) is 25.6 Å². The van der Waals surface area contributed by atoms with Crippen LogP contribution in [0.25, 0.3) is 0 Å². The molecule has 0 aliphatic heterocycles. The van der Waals surface area contributed by atoms with Gasteiger partial charge in [-0.05, 0) is 31.2 Å². The van der Waals surface area contributed by atoms with Crippen molar-refractivity contribution in [3.63, 3.8) is 0 Å². The molecule has 3 aromatic rings. The topological polar surface area (TPSA) is 97.4 Å². The van der Waals surface area contributed by atoms with Gasteiger partial charge in [0, 0.05) is 11.1 Å². The third kappa shape index (κ3) is 5.54. The van der Waals surface area contributed by atoms with Crippen LogP contribution in [0.3, 0.4) is 0 Å². The van der Waals surface area contributed by atoms with Crippen LogP contribution in [0.1, 0.15) is 21.6 Å². The Morgan fingerprint density at radius 3 is 2.57 bits per heavy atom. The molecule has 3 rings (SSSR count). The lowest BCUT2D eigenvalue weighted by atomic mass is 10.2. The second-order valence-electron chi connectivity index (χ2n) is 6.13. The number of rotatable bonds is 7. The van der Waals surface area contributed by atoms with E-state index in [-0.39, 0.29) is 17.9 Å². The molecule has 28 heavy (non-hydrogen) atoms. The van der Waals surface area contributed by atoms with E-state index < -0.39 is 16.0 Å². The summed E-state index contributed by atoms with van der Waals surface area (Å²) in [5.41, 5.74) is 3.00. The SMILES string of the molecule is Cc1ccc(Nc2nc(COC(=O)c3ccccc3NS(C)(=O)=O)cs2)cc1. The van der Waals surface area contributed by atoms with E-state index in [0.29, 0.717) is 10.8 Å². The van der Waals surface area contributed by atoms with E-state index in [4.69, 9.17) is 4.74 Å². The Bertz CT molecular complexity index is 1080. The molecule has 0 saturated heterocycles. The van der Waals surface area contributed by atoms with Gasteiger partial charge in [-0.1, -0.05) is 29.8 Å². The summed E-state index contributed by atoms with van der Waals surface area (Å²) in [6, 6.07) is 14.2. The first-order valence-corrected chi connectivity index (χ1v) is 11.1. The monoisotopic (exact) mass is 417 g/mol. The molecule has 146 valence electrons. The first-order chi connectivity index (χ1) is 13.3. The average Bonchev–Trinajstić information content (AvgIpc) is 3.08. The first kappa shape index (κ1) is 19.8. The average molecular weight is 418 g/mol. The maximum atomic E-state index is 12.4. The summed E-state index contributed by atoms with van der Waals surface area (Å²) in [4.78, 5) is 16.8. The third-order valence-electron chi connectivity index (χ3n) is 3.65. The largest absolute Gasteiger partial charge is 0.455 e. The number of anilines is 3. The van der Waals surface area contributed by atoms with E-state index in [1.54, 1.807) is 17.5 Å². The zero-order chi connectivity index (χ0) is 20.1. The van der Waals surface area contributed by atoms with Crippen LogP contribution < -0.4 is 10.0 Å². The number of aromatic nitrogens is 1. The number of nitrogens with zero attached hydrogens (tertiary/aromatic N) is 1. The number of nitrogens with one attached hydrogen (secondary N) is 2. The van der Waals surface area contributed by atoms with Gasteiger partial charge in [0.05, 0.1) is 23.2 Å². The minimum Gasteiger partial charge on any atom is -0.455 e. The summed E-state index contributed by atoms with van der Waals surface area (Å²) in [6.07, 6.45) is 1.02. The Labute approximate surface area is 167 Å². The quantitative estimate of drug-likeness (QED) is 0.566. The van der Waals surface area contributed by atoms with Gasteiger partial charge < -0.3 is 10.1 Å². The lowest BCUT2D eigenvalue weighted by Gasteiger charge is -2.09. The van der Waals surface area contributed by atoms with E-state index in [0.717, 1.165) is 11.9 Å². The van der Waals surface area contributed by atoms with Crippen molar-refractivity contribution in [1.82, 2.24) is 4.98 Å². The Hall–Kier alpha value is -2.91. The number of ether oxygens (including phenoxy) is 1. The summed E-state index contributed by atoms with van der Waals surface area (Å²) in [7, 11) is -3.51. The number of hydrogen-bond acceptors (Lipinski definition) is 7. The standard InChI is InChI=1S/C19H19N3O4S2/c1-13-7-9-14(10-8-13)20-19-21-15(12-27-19)11-26-18(23)16-5-3-4-6-17(16)22-28(2,24)25/h3-10,12,22H,11H2,1-2H3,(H,20,21). The van der Waals surface area contributed by atoms with Gasteiger partial charge in [0.2, 0.25) is 10.0 Å². The third-order valence-corrected chi connectivity index (χ3v) is 5.05. The molecule has 1 aromatic heterocycles. The molecule has 7 nitrogen and oxygen atoms in total. The molecule has 0 unspecified atom stereocenters. The van der Waals surface area contributed by atoms with Gasteiger partial charge in [0.15, 0.2) is 5.13 Å². The number of para-hydroxylation sites is 1. The van der Waals surface area contributed by atoms with E-state index >= 15 is 0 Å². The van der Waals surface area contributed by atoms with Gasteiger partial charge >= 0.3 is 5.97 Å². The number of thiazole rings is 1. The molecule has 0 saturated carbocycles. The zero-order valence-corrected chi connectivity index (χ0v) is 16.9. The summed E-state index contributed by atoms with van der Waals surface area (Å²) in [5.74, 6) is -0.632. The maximum Gasteiger partial charge on any atom is 0.340 e. The van der Waals surface area contributed by atoms with Crippen LogP contribution in [0.5, 0.6) is 0 Å². The molecule has 0 aliphatic carbocycles. The molecule has 0 bridgehead atoms. The molecule has 2 aromatic carbocycles. The molecule has 0 aliphatic rings. The maximum absolute atomic E-state index is 12.4.